The maximum Gasteiger partial charge on any atom is 0.122 e. The van der Waals surface area contributed by atoms with E-state index in [-0.39, 0.29) is 5.75 Å². The van der Waals surface area contributed by atoms with E-state index in [1.54, 1.807) is 30.3 Å². The third-order valence-electron chi connectivity index (χ3n) is 2.72. The van der Waals surface area contributed by atoms with Crippen LogP contribution in [0.2, 0.25) is 0 Å². The van der Waals surface area contributed by atoms with Crippen LogP contribution >= 0.6 is 0 Å². The van der Waals surface area contributed by atoms with Gasteiger partial charge in [0.25, 0.3) is 0 Å². The summed E-state index contributed by atoms with van der Waals surface area (Å²) in [4.78, 5) is 0. The van der Waals surface area contributed by atoms with Crippen LogP contribution in [0.15, 0.2) is 42.5 Å². The first kappa shape index (κ1) is 11.3. The first-order valence-corrected chi connectivity index (χ1v) is 5.28. The molecular formula is C13H15N3O. The molecule has 88 valence electrons. The summed E-state index contributed by atoms with van der Waals surface area (Å²) in [5.41, 5.74) is 20.1. The zero-order chi connectivity index (χ0) is 12.4. The van der Waals surface area contributed by atoms with E-state index in [0.717, 1.165) is 5.56 Å². The van der Waals surface area contributed by atoms with Crippen molar-refractivity contribution in [2.45, 2.75) is 6.04 Å². The van der Waals surface area contributed by atoms with Crippen LogP contribution in [0, 0.1) is 0 Å². The standard InChI is InChI=1S/C13H15N3O/c14-9-6-4-8(5-7-9)13(16)12-10(15)2-1-3-11(12)17/h1-7,13,17H,14-16H2. The van der Waals surface area contributed by atoms with Gasteiger partial charge in [0.2, 0.25) is 0 Å². The summed E-state index contributed by atoms with van der Waals surface area (Å²) in [5.74, 6) is 0.106. The number of benzene rings is 2. The molecule has 0 fully saturated rings. The van der Waals surface area contributed by atoms with Gasteiger partial charge in [-0.2, -0.15) is 0 Å². The van der Waals surface area contributed by atoms with Crippen molar-refractivity contribution in [3.8, 4) is 5.75 Å². The lowest BCUT2D eigenvalue weighted by molar-refractivity contribution is 0.466. The smallest absolute Gasteiger partial charge is 0.122 e. The molecule has 0 amide bonds. The zero-order valence-corrected chi connectivity index (χ0v) is 9.30. The first-order valence-electron chi connectivity index (χ1n) is 5.28. The Morgan fingerprint density at radius 3 is 2.18 bits per heavy atom. The predicted octanol–water partition coefficient (Wildman–Crippen LogP) is 1.60. The van der Waals surface area contributed by atoms with Crippen molar-refractivity contribution >= 4 is 11.4 Å². The van der Waals surface area contributed by atoms with Crippen molar-refractivity contribution < 1.29 is 5.11 Å². The van der Waals surface area contributed by atoms with Crippen molar-refractivity contribution in [1.29, 1.82) is 0 Å². The van der Waals surface area contributed by atoms with Gasteiger partial charge in [0.05, 0.1) is 6.04 Å². The SMILES string of the molecule is Nc1ccc(C(N)c2c(N)cccc2O)cc1. The summed E-state index contributed by atoms with van der Waals surface area (Å²) < 4.78 is 0. The van der Waals surface area contributed by atoms with Gasteiger partial charge in [-0.25, -0.2) is 0 Å². The minimum Gasteiger partial charge on any atom is -0.508 e. The highest BCUT2D eigenvalue weighted by Gasteiger charge is 2.15. The van der Waals surface area contributed by atoms with Crippen LogP contribution in [0.25, 0.3) is 0 Å². The maximum atomic E-state index is 9.79. The molecule has 7 N–H and O–H groups in total. The molecule has 0 saturated carbocycles. The topological polar surface area (TPSA) is 98.3 Å². The number of hydrogen-bond donors (Lipinski definition) is 4. The summed E-state index contributed by atoms with van der Waals surface area (Å²) in [7, 11) is 0. The summed E-state index contributed by atoms with van der Waals surface area (Å²) >= 11 is 0. The van der Waals surface area contributed by atoms with E-state index in [9.17, 15) is 5.11 Å². The number of anilines is 2. The minimum absolute atomic E-state index is 0.106. The van der Waals surface area contributed by atoms with E-state index in [4.69, 9.17) is 17.2 Å². The van der Waals surface area contributed by atoms with Crippen molar-refractivity contribution in [3.05, 3.63) is 53.6 Å². The molecule has 0 aliphatic heterocycles. The molecule has 17 heavy (non-hydrogen) atoms. The molecule has 0 bridgehead atoms. The molecule has 2 rings (SSSR count). The first-order chi connectivity index (χ1) is 8.09. The Bertz CT molecular complexity index is 502. The lowest BCUT2D eigenvalue weighted by Gasteiger charge is -2.16. The number of nitrogen functional groups attached to an aromatic ring is 2. The Labute approximate surface area is 99.7 Å². The number of rotatable bonds is 2. The van der Waals surface area contributed by atoms with E-state index in [1.165, 1.54) is 0 Å². The number of nitrogens with two attached hydrogens (primary N) is 3. The molecule has 2 aromatic rings. The summed E-state index contributed by atoms with van der Waals surface area (Å²) in [6, 6.07) is 11.7. The van der Waals surface area contributed by atoms with E-state index >= 15 is 0 Å². The second kappa shape index (κ2) is 4.35. The van der Waals surface area contributed by atoms with Gasteiger partial charge in [-0.1, -0.05) is 18.2 Å². The van der Waals surface area contributed by atoms with Gasteiger partial charge in [-0.05, 0) is 29.8 Å². The second-order valence-electron chi connectivity index (χ2n) is 3.92. The highest BCUT2D eigenvalue weighted by molar-refractivity contribution is 5.58. The van der Waals surface area contributed by atoms with Gasteiger partial charge in [0.1, 0.15) is 5.75 Å². The van der Waals surface area contributed by atoms with Gasteiger partial charge in [0, 0.05) is 16.9 Å². The number of phenolic OH excluding ortho intramolecular Hbond substituents is 1. The lowest BCUT2D eigenvalue weighted by atomic mass is 9.97. The molecule has 0 aliphatic carbocycles. The van der Waals surface area contributed by atoms with Crippen molar-refractivity contribution in [2.24, 2.45) is 5.73 Å². The van der Waals surface area contributed by atoms with Crippen LogP contribution < -0.4 is 17.2 Å². The van der Waals surface area contributed by atoms with Gasteiger partial charge >= 0.3 is 0 Å². The largest absolute Gasteiger partial charge is 0.508 e. The Kier molecular flexibility index (Phi) is 2.89. The van der Waals surface area contributed by atoms with Crippen LogP contribution in [0.3, 0.4) is 0 Å². The van der Waals surface area contributed by atoms with E-state index < -0.39 is 6.04 Å². The Morgan fingerprint density at radius 1 is 0.941 bits per heavy atom. The number of aromatic hydroxyl groups is 1. The van der Waals surface area contributed by atoms with Gasteiger partial charge in [0.15, 0.2) is 0 Å². The molecule has 4 heteroatoms. The molecule has 0 heterocycles. The fraction of sp³-hybridized carbons (Fsp3) is 0.0769. The summed E-state index contributed by atoms with van der Waals surface area (Å²) in [6.07, 6.45) is 0. The predicted molar refractivity (Wildman–Crippen MR) is 69.4 cm³/mol. The highest BCUT2D eigenvalue weighted by atomic mass is 16.3. The van der Waals surface area contributed by atoms with Crippen LogP contribution in [0.1, 0.15) is 17.2 Å². The Hall–Kier alpha value is -2.20. The number of hydrogen-bond acceptors (Lipinski definition) is 4. The molecule has 0 spiro atoms. The van der Waals surface area contributed by atoms with E-state index in [2.05, 4.69) is 0 Å². The maximum absolute atomic E-state index is 9.79. The van der Waals surface area contributed by atoms with Crippen LogP contribution in [-0.2, 0) is 0 Å². The molecular weight excluding hydrogens is 214 g/mol. The average molecular weight is 229 g/mol. The molecule has 2 aromatic carbocycles. The fourth-order valence-electron chi connectivity index (χ4n) is 1.78. The third-order valence-corrected chi connectivity index (χ3v) is 2.72. The molecule has 1 atom stereocenters. The monoisotopic (exact) mass is 229 g/mol. The summed E-state index contributed by atoms with van der Waals surface area (Å²) in [6.45, 7) is 0. The molecule has 1 unspecified atom stereocenters. The zero-order valence-electron chi connectivity index (χ0n) is 9.30. The molecule has 0 radical (unpaired) electrons. The highest BCUT2D eigenvalue weighted by Crippen LogP contribution is 2.32. The second-order valence-corrected chi connectivity index (χ2v) is 3.92. The lowest BCUT2D eigenvalue weighted by Crippen LogP contribution is -2.14. The van der Waals surface area contributed by atoms with E-state index in [0.29, 0.717) is 16.9 Å². The third kappa shape index (κ3) is 2.16. The normalized spacial score (nSPS) is 12.3. The van der Waals surface area contributed by atoms with Gasteiger partial charge < -0.3 is 22.3 Å². The molecule has 0 aromatic heterocycles. The van der Waals surface area contributed by atoms with Crippen molar-refractivity contribution in [2.75, 3.05) is 11.5 Å². The average Bonchev–Trinajstić information content (AvgIpc) is 2.29. The molecule has 0 saturated heterocycles. The van der Waals surface area contributed by atoms with Gasteiger partial charge in [-0.3, -0.25) is 0 Å². The molecule has 4 nitrogen and oxygen atoms in total. The van der Waals surface area contributed by atoms with Crippen LogP contribution in [-0.4, -0.2) is 5.11 Å². The minimum atomic E-state index is -0.461. The quantitative estimate of drug-likeness (QED) is 0.588. The van der Waals surface area contributed by atoms with Crippen molar-refractivity contribution in [1.82, 2.24) is 0 Å². The number of phenols is 1. The van der Waals surface area contributed by atoms with Crippen LogP contribution in [0.4, 0.5) is 11.4 Å². The van der Waals surface area contributed by atoms with Gasteiger partial charge in [-0.15, -0.1) is 0 Å². The fourth-order valence-corrected chi connectivity index (χ4v) is 1.78. The Balaban J connectivity index is 2.43. The van der Waals surface area contributed by atoms with E-state index in [1.807, 2.05) is 12.1 Å². The summed E-state index contributed by atoms with van der Waals surface area (Å²) in [5, 5.41) is 9.79. The van der Waals surface area contributed by atoms with Crippen molar-refractivity contribution in [3.63, 3.8) is 0 Å². The van der Waals surface area contributed by atoms with Crippen LogP contribution in [0.5, 0.6) is 5.75 Å². The Morgan fingerprint density at radius 2 is 1.59 bits per heavy atom. The molecule has 0 aliphatic rings.